The Morgan fingerprint density at radius 3 is 2.64 bits per heavy atom. The Bertz CT molecular complexity index is 708. The van der Waals surface area contributed by atoms with E-state index in [1.807, 2.05) is 43.3 Å². The first kappa shape index (κ1) is 14.8. The molecule has 0 N–H and O–H groups in total. The maximum Gasteiger partial charge on any atom is 0.323 e. The number of ether oxygens (including phenoxy) is 1. The van der Waals surface area contributed by atoms with Crippen LogP contribution in [0, 0.1) is 0 Å². The zero-order chi connectivity index (χ0) is 15.7. The predicted molar refractivity (Wildman–Crippen MR) is 87.2 cm³/mol. The standard InChI is InChI=1S/C17H17NO3S/c1-3-18-12-10-13(11-8-6-5-7-9-11)22-15(12)14(16(18)19)17(20)21-4-2/h5-10,14H,3-4H2,1-2H3. The van der Waals surface area contributed by atoms with Crippen LogP contribution in [0.1, 0.15) is 24.6 Å². The third kappa shape index (κ3) is 2.31. The third-order valence-corrected chi connectivity index (χ3v) is 4.94. The van der Waals surface area contributed by atoms with E-state index < -0.39 is 11.9 Å². The summed E-state index contributed by atoms with van der Waals surface area (Å²) in [7, 11) is 0. The second-order valence-electron chi connectivity index (χ2n) is 4.99. The van der Waals surface area contributed by atoms with Gasteiger partial charge >= 0.3 is 5.97 Å². The van der Waals surface area contributed by atoms with Gasteiger partial charge in [-0.1, -0.05) is 30.3 Å². The lowest BCUT2D eigenvalue weighted by Crippen LogP contribution is -2.32. The molecule has 0 saturated carbocycles. The Hall–Kier alpha value is -2.14. The van der Waals surface area contributed by atoms with Gasteiger partial charge in [0.2, 0.25) is 5.91 Å². The first-order chi connectivity index (χ1) is 10.7. The van der Waals surface area contributed by atoms with Crippen molar-refractivity contribution in [3.63, 3.8) is 0 Å². The van der Waals surface area contributed by atoms with Gasteiger partial charge in [-0.25, -0.2) is 0 Å². The number of carbonyl (C=O) groups is 2. The average Bonchev–Trinajstić information content (AvgIpc) is 3.04. The van der Waals surface area contributed by atoms with Gasteiger partial charge in [-0.2, -0.15) is 0 Å². The normalized spacial score (nSPS) is 16.7. The van der Waals surface area contributed by atoms with E-state index in [1.54, 1.807) is 11.8 Å². The molecule has 1 aromatic carbocycles. The van der Waals surface area contributed by atoms with E-state index in [9.17, 15) is 9.59 Å². The lowest BCUT2D eigenvalue weighted by molar-refractivity contribution is -0.147. The molecule has 0 aliphatic carbocycles. The van der Waals surface area contributed by atoms with Crippen molar-refractivity contribution in [1.82, 2.24) is 0 Å². The van der Waals surface area contributed by atoms with E-state index >= 15 is 0 Å². The smallest absolute Gasteiger partial charge is 0.323 e. The van der Waals surface area contributed by atoms with Crippen LogP contribution in [0.3, 0.4) is 0 Å². The lowest BCUT2D eigenvalue weighted by atomic mass is 10.1. The topological polar surface area (TPSA) is 46.6 Å². The maximum atomic E-state index is 12.5. The molecule has 2 aromatic rings. The number of rotatable bonds is 4. The van der Waals surface area contributed by atoms with Gasteiger partial charge in [-0.15, -0.1) is 11.3 Å². The van der Waals surface area contributed by atoms with Crippen LogP contribution in [0.15, 0.2) is 36.4 Å². The number of carbonyl (C=O) groups excluding carboxylic acids is 2. The molecular weight excluding hydrogens is 298 g/mol. The molecule has 22 heavy (non-hydrogen) atoms. The second kappa shape index (κ2) is 5.93. The van der Waals surface area contributed by atoms with Crippen molar-refractivity contribution >= 4 is 28.9 Å². The number of hydrogen-bond donors (Lipinski definition) is 0. The highest BCUT2D eigenvalue weighted by Crippen LogP contribution is 2.46. The minimum atomic E-state index is -0.808. The zero-order valence-electron chi connectivity index (χ0n) is 12.5. The molecule has 0 fully saturated rings. The van der Waals surface area contributed by atoms with Gasteiger partial charge in [0.05, 0.1) is 17.2 Å². The number of anilines is 1. The summed E-state index contributed by atoms with van der Waals surface area (Å²) in [4.78, 5) is 28.1. The summed E-state index contributed by atoms with van der Waals surface area (Å²) in [5.41, 5.74) is 1.93. The van der Waals surface area contributed by atoms with E-state index in [4.69, 9.17) is 4.74 Å². The summed E-state index contributed by atoms with van der Waals surface area (Å²) < 4.78 is 5.08. The van der Waals surface area contributed by atoms with Crippen LogP contribution >= 0.6 is 11.3 Å². The van der Waals surface area contributed by atoms with Crippen molar-refractivity contribution < 1.29 is 14.3 Å². The molecule has 1 atom stereocenters. The van der Waals surface area contributed by atoms with Crippen LogP contribution in [-0.2, 0) is 14.3 Å². The molecule has 5 heteroatoms. The van der Waals surface area contributed by atoms with Crippen molar-refractivity contribution in [2.24, 2.45) is 0 Å². The van der Waals surface area contributed by atoms with Crippen molar-refractivity contribution in [3.05, 3.63) is 41.3 Å². The molecule has 1 aliphatic rings. The Morgan fingerprint density at radius 1 is 1.27 bits per heavy atom. The third-order valence-electron chi connectivity index (χ3n) is 3.70. The molecule has 4 nitrogen and oxygen atoms in total. The average molecular weight is 315 g/mol. The fraction of sp³-hybridized carbons (Fsp3) is 0.294. The first-order valence-electron chi connectivity index (χ1n) is 7.34. The van der Waals surface area contributed by atoms with Gasteiger partial charge in [0.15, 0.2) is 5.92 Å². The van der Waals surface area contributed by atoms with Crippen LogP contribution in [-0.4, -0.2) is 25.0 Å². The van der Waals surface area contributed by atoms with Crippen LogP contribution < -0.4 is 4.90 Å². The van der Waals surface area contributed by atoms with E-state index in [0.717, 1.165) is 21.0 Å². The van der Waals surface area contributed by atoms with Crippen molar-refractivity contribution in [3.8, 4) is 10.4 Å². The maximum absolute atomic E-state index is 12.5. The molecule has 3 rings (SSSR count). The largest absolute Gasteiger partial charge is 0.465 e. The molecule has 0 spiro atoms. The summed E-state index contributed by atoms with van der Waals surface area (Å²) in [6.07, 6.45) is 0. The number of amides is 1. The molecular formula is C17H17NO3S. The van der Waals surface area contributed by atoms with Gasteiger partial charge in [0.25, 0.3) is 0 Å². The van der Waals surface area contributed by atoms with Crippen molar-refractivity contribution in [2.75, 3.05) is 18.1 Å². The number of esters is 1. The first-order valence-corrected chi connectivity index (χ1v) is 8.16. The predicted octanol–water partition coefficient (Wildman–Crippen LogP) is 3.43. The van der Waals surface area contributed by atoms with E-state index in [2.05, 4.69) is 0 Å². The minimum absolute atomic E-state index is 0.179. The van der Waals surface area contributed by atoms with E-state index in [-0.39, 0.29) is 12.5 Å². The van der Waals surface area contributed by atoms with Gasteiger partial charge in [0.1, 0.15) is 0 Å². The lowest BCUT2D eigenvalue weighted by Gasteiger charge is -2.14. The highest BCUT2D eigenvalue weighted by molar-refractivity contribution is 7.16. The number of fused-ring (bicyclic) bond motifs is 1. The Kier molecular flexibility index (Phi) is 3.98. The van der Waals surface area contributed by atoms with Crippen LogP contribution in [0.2, 0.25) is 0 Å². The van der Waals surface area contributed by atoms with Crippen molar-refractivity contribution in [2.45, 2.75) is 19.8 Å². The summed E-state index contributed by atoms with van der Waals surface area (Å²) >= 11 is 1.50. The fourth-order valence-electron chi connectivity index (χ4n) is 2.70. The summed E-state index contributed by atoms with van der Waals surface area (Å²) in [5.74, 6) is -1.44. The second-order valence-corrected chi connectivity index (χ2v) is 6.08. The number of thiophene rings is 1. The number of likely N-dealkylation sites (N-methyl/N-ethyl adjacent to an activating group) is 1. The van der Waals surface area contributed by atoms with Crippen LogP contribution in [0.25, 0.3) is 10.4 Å². The van der Waals surface area contributed by atoms with Crippen molar-refractivity contribution in [1.29, 1.82) is 0 Å². The molecule has 1 unspecified atom stereocenters. The summed E-state index contributed by atoms with van der Waals surface area (Å²) in [6.45, 7) is 4.49. The van der Waals surface area contributed by atoms with Crippen LogP contribution in [0.4, 0.5) is 5.69 Å². The molecule has 2 heterocycles. The molecule has 0 radical (unpaired) electrons. The molecule has 114 valence electrons. The number of benzene rings is 1. The molecule has 0 bridgehead atoms. The SMILES string of the molecule is CCOC(=O)C1C(=O)N(CC)c2cc(-c3ccccc3)sc21. The molecule has 1 aromatic heterocycles. The minimum Gasteiger partial charge on any atom is -0.465 e. The number of nitrogens with zero attached hydrogens (tertiary/aromatic N) is 1. The van der Waals surface area contributed by atoms with Gasteiger partial charge in [-0.3, -0.25) is 9.59 Å². The van der Waals surface area contributed by atoms with Gasteiger partial charge in [0, 0.05) is 11.4 Å². The van der Waals surface area contributed by atoms with Gasteiger partial charge in [-0.05, 0) is 25.5 Å². The highest BCUT2D eigenvalue weighted by atomic mass is 32.1. The van der Waals surface area contributed by atoms with E-state index in [0.29, 0.717) is 6.54 Å². The Morgan fingerprint density at radius 2 is 2.00 bits per heavy atom. The Labute approximate surface area is 133 Å². The quantitative estimate of drug-likeness (QED) is 0.641. The molecule has 1 amide bonds. The fourth-order valence-corrected chi connectivity index (χ4v) is 3.95. The summed E-state index contributed by atoms with van der Waals surface area (Å²) in [5, 5.41) is 0. The van der Waals surface area contributed by atoms with E-state index in [1.165, 1.54) is 11.3 Å². The van der Waals surface area contributed by atoms with Crippen LogP contribution in [0.5, 0.6) is 0 Å². The summed E-state index contributed by atoms with van der Waals surface area (Å²) in [6, 6.07) is 12.0. The van der Waals surface area contributed by atoms with Gasteiger partial charge < -0.3 is 9.64 Å². The Balaban J connectivity index is 2.04. The number of hydrogen-bond acceptors (Lipinski definition) is 4. The molecule has 1 aliphatic heterocycles. The zero-order valence-corrected chi connectivity index (χ0v) is 13.4. The monoisotopic (exact) mass is 315 g/mol. The molecule has 0 saturated heterocycles. The highest BCUT2D eigenvalue weighted by Gasteiger charge is 2.44.